The van der Waals surface area contributed by atoms with E-state index < -0.39 is 47.6 Å². The molecule has 5 fully saturated rings. The van der Waals surface area contributed by atoms with Crippen molar-refractivity contribution in [2.75, 3.05) is 0 Å². The van der Waals surface area contributed by atoms with Crippen molar-refractivity contribution in [2.45, 2.75) is 55.0 Å². The summed E-state index contributed by atoms with van der Waals surface area (Å²) in [5, 5.41) is 54.4. The van der Waals surface area contributed by atoms with Crippen molar-refractivity contribution < 1.29 is 29.9 Å². The lowest BCUT2D eigenvalue weighted by atomic mass is 9.56. The van der Waals surface area contributed by atoms with Gasteiger partial charge >= 0.3 is 5.97 Å². The maximum Gasteiger partial charge on any atom is 0.311 e. The van der Waals surface area contributed by atoms with Crippen LogP contribution in [0.1, 0.15) is 13.3 Å². The fourth-order valence-corrected chi connectivity index (χ4v) is 4.14. The lowest BCUT2D eigenvalue weighted by molar-refractivity contribution is -0.533. The molecule has 4 heterocycles. The van der Waals surface area contributed by atoms with Crippen LogP contribution in [0.5, 0.6) is 0 Å². The van der Waals surface area contributed by atoms with Gasteiger partial charge in [0.05, 0.1) is 17.6 Å². The Morgan fingerprint density at radius 1 is 1.30 bits per heavy atom. The second-order valence-electron chi connectivity index (χ2n) is 6.26. The minimum atomic E-state index is -2.24. The van der Waals surface area contributed by atoms with E-state index >= 15 is 0 Å². The van der Waals surface area contributed by atoms with Crippen molar-refractivity contribution >= 4 is 5.96 Å². The molecular formula is C11H17N3O6. The first-order valence-electron chi connectivity index (χ1n) is 6.50. The van der Waals surface area contributed by atoms with Crippen LogP contribution in [-0.4, -0.2) is 68.0 Å². The fraction of sp³-hybridized carbons (Fsp3) is 0.909. The van der Waals surface area contributed by atoms with E-state index in [1.54, 1.807) is 0 Å². The van der Waals surface area contributed by atoms with Gasteiger partial charge in [-0.05, 0) is 6.92 Å². The predicted molar refractivity (Wildman–Crippen MR) is 62.2 cm³/mol. The molecule has 0 aromatic carbocycles. The number of ether oxygens (including phenoxy) is 2. The molecule has 0 aromatic heterocycles. The zero-order chi connectivity index (χ0) is 14.5. The van der Waals surface area contributed by atoms with Crippen LogP contribution in [0, 0.1) is 11.3 Å². The van der Waals surface area contributed by atoms with Gasteiger partial charge in [-0.1, -0.05) is 0 Å². The first-order valence-corrected chi connectivity index (χ1v) is 6.50. The molecule has 0 radical (unpaired) electrons. The quantitative estimate of drug-likeness (QED) is 0.246. The van der Waals surface area contributed by atoms with Crippen LogP contribution in [0.15, 0.2) is 0 Å². The number of hydrogen-bond donors (Lipinski definition) is 7. The largest absolute Gasteiger partial charge is 0.385 e. The molecule has 5 aliphatic rings. The number of guanidine groups is 1. The monoisotopic (exact) mass is 287 g/mol. The molecule has 0 aromatic rings. The second kappa shape index (κ2) is 3.26. The van der Waals surface area contributed by atoms with Crippen LogP contribution < -0.4 is 10.6 Å². The highest BCUT2D eigenvalue weighted by Gasteiger charge is 2.78. The summed E-state index contributed by atoms with van der Waals surface area (Å²) in [6, 6.07) is 0. The van der Waals surface area contributed by atoms with E-state index in [9.17, 15) is 20.4 Å². The highest BCUT2D eigenvalue weighted by atomic mass is 16.9. The average Bonchev–Trinajstić information content (AvgIpc) is 2.29. The standard InChI is InChI=1S/C11H17N3O6/c1-9(17)3-2-10-4(6(15)13-8(12)14-10)5(9)20-11(18,19-3)7(10)16/h3-7,15-18H,2H2,1H3,(H3,12,13,14)/t3-,4+,5+,6+,7-,9+,10-,11+/m0/s1. The van der Waals surface area contributed by atoms with Crippen LogP contribution in [0.2, 0.25) is 0 Å². The molecule has 4 aliphatic heterocycles. The summed E-state index contributed by atoms with van der Waals surface area (Å²) in [4.78, 5) is 0. The number of aliphatic hydroxyl groups excluding tert-OH is 2. The molecule has 0 amide bonds. The fourth-order valence-electron chi connectivity index (χ4n) is 4.14. The molecule has 7 N–H and O–H groups in total. The molecule has 9 nitrogen and oxygen atoms in total. The van der Waals surface area contributed by atoms with Gasteiger partial charge in [0.25, 0.3) is 0 Å². The smallest absolute Gasteiger partial charge is 0.311 e. The van der Waals surface area contributed by atoms with Gasteiger partial charge < -0.3 is 40.5 Å². The van der Waals surface area contributed by atoms with Gasteiger partial charge in [0.15, 0.2) is 12.1 Å². The van der Waals surface area contributed by atoms with Crippen molar-refractivity contribution in [3.63, 3.8) is 0 Å². The van der Waals surface area contributed by atoms with E-state index in [1.807, 2.05) is 0 Å². The Bertz CT molecular complexity index is 501. The molecule has 8 atom stereocenters. The Kier molecular flexibility index (Phi) is 2.08. The average molecular weight is 287 g/mol. The molecule has 20 heavy (non-hydrogen) atoms. The zero-order valence-corrected chi connectivity index (χ0v) is 10.7. The van der Waals surface area contributed by atoms with E-state index in [0.717, 1.165) is 0 Å². The summed E-state index contributed by atoms with van der Waals surface area (Å²) in [6.45, 7) is 1.51. The maximum atomic E-state index is 10.5. The molecule has 1 saturated carbocycles. The van der Waals surface area contributed by atoms with Crippen molar-refractivity contribution in [1.82, 2.24) is 10.6 Å². The van der Waals surface area contributed by atoms with Gasteiger partial charge in [0, 0.05) is 6.42 Å². The van der Waals surface area contributed by atoms with Crippen LogP contribution in [0.4, 0.5) is 0 Å². The Morgan fingerprint density at radius 3 is 2.70 bits per heavy atom. The van der Waals surface area contributed by atoms with E-state index in [-0.39, 0.29) is 12.4 Å². The van der Waals surface area contributed by atoms with Crippen LogP contribution in [0.25, 0.3) is 0 Å². The molecule has 4 bridgehead atoms. The normalized spacial score (nSPS) is 63.6. The molecule has 9 heteroatoms. The summed E-state index contributed by atoms with van der Waals surface area (Å²) in [5.41, 5.74) is -2.59. The Labute approximate surface area is 114 Å². The van der Waals surface area contributed by atoms with Gasteiger partial charge in [0.2, 0.25) is 0 Å². The summed E-state index contributed by atoms with van der Waals surface area (Å²) in [5.74, 6) is -3.13. The first kappa shape index (κ1) is 12.7. The van der Waals surface area contributed by atoms with Crippen LogP contribution in [-0.2, 0) is 9.47 Å². The minimum Gasteiger partial charge on any atom is -0.385 e. The Morgan fingerprint density at radius 2 is 2.00 bits per heavy atom. The first-order chi connectivity index (χ1) is 9.21. The number of aliphatic hydroxyl groups is 4. The number of hydrogen-bond acceptors (Lipinski definition) is 7. The lowest BCUT2D eigenvalue weighted by Crippen LogP contribution is -2.91. The molecule has 0 unspecified atom stereocenters. The lowest BCUT2D eigenvalue weighted by Gasteiger charge is -2.70. The second-order valence-corrected chi connectivity index (χ2v) is 6.26. The van der Waals surface area contributed by atoms with Gasteiger partial charge in [-0.15, -0.1) is 0 Å². The minimum absolute atomic E-state index is 0.148. The predicted octanol–water partition coefficient (Wildman–Crippen LogP) is -3.25. The van der Waals surface area contributed by atoms with Crippen molar-refractivity contribution in [3.05, 3.63) is 0 Å². The summed E-state index contributed by atoms with van der Waals surface area (Å²) >= 11 is 0. The summed E-state index contributed by atoms with van der Waals surface area (Å²) in [6.07, 6.45) is -4.23. The number of nitrogens with one attached hydrogen (secondary N) is 3. The number of rotatable bonds is 0. The molecule has 5 rings (SSSR count). The SMILES string of the molecule is C[C@@]1(O)[C@@H]2C[C@]34NC(=N)N[C@H](O)[C@H]3[C@H]1O[C@](O)(O2)[C@H]4O. The third-order valence-electron chi connectivity index (χ3n) is 5.10. The maximum absolute atomic E-state index is 10.5. The van der Waals surface area contributed by atoms with E-state index in [1.165, 1.54) is 6.92 Å². The van der Waals surface area contributed by atoms with E-state index in [2.05, 4.69) is 10.6 Å². The molecule has 4 saturated heterocycles. The third-order valence-corrected chi connectivity index (χ3v) is 5.10. The van der Waals surface area contributed by atoms with E-state index in [4.69, 9.17) is 14.9 Å². The van der Waals surface area contributed by atoms with Gasteiger partial charge in [-0.2, -0.15) is 0 Å². The van der Waals surface area contributed by atoms with E-state index in [0.29, 0.717) is 0 Å². The topological polar surface area (TPSA) is 147 Å². The highest BCUT2D eigenvalue weighted by molar-refractivity contribution is 5.79. The van der Waals surface area contributed by atoms with Crippen molar-refractivity contribution in [1.29, 1.82) is 5.41 Å². The molecule has 1 spiro atoms. The Balaban J connectivity index is 1.88. The zero-order valence-electron chi connectivity index (χ0n) is 10.7. The molecule has 112 valence electrons. The molecule has 1 aliphatic carbocycles. The van der Waals surface area contributed by atoms with Gasteiger partial charge in [-0.25, -0.2) is 0 Å². The highest BCUT2D eigenvalue weighted by Crippen LogP contribution is 2.57. The molecular weight excluding hydrogens is 270 g/mol. The van der Waals surface area contributed by atoms with Gasteiger partial charge in [0.1, 0.15) is 17.9 Å². The Hall–Kier alpha value is -0.970. The third kappa shape index (κ3) is 1.17. The van der Waals surface area contributed by atoms with Crippen LogP contribution >= 0.6 is 0 Å². The van der Waals surface area contributed by atoms with Gasteiger partial charge in [-0.3, -0.25) is 5.41 Å². The summed E-state index contributed by atoms with van der Waals surface area (Å²) in [7, 11) is 0. The van der Waals surface area contributed by atoms with Crippen LogP contribution in [0.3, 0.4) is 0 Å². The van der Waals surface area contributed by atoms with Crippen molar-refractivity contribution in [2.24, 2.45) is 5.92 Å². The van der Waals surface area contributed by atoms with Crippen molar-refractivity contribution in [3.8, 4) is 0 Å². The summed E-state index contributed by atoms with van der Waals surface area (Å²) < 4.78 is 10.6.